The van der Waals surface area contributed by atoms with E-state index < -0.39 is 12.1 Å². The molecule has 0 radical (unpaired) electrons. The summed E-state index contributed by atoms with van der Waals surface area (Å²) >= 11 is 0. The number of nitriles is 2. The Kier molecular flexibility index (Phi) is 3.73. The van der Waals surface area contributed by atoms with E-state index in [4.69, 9.17) is 15.3 Å². The Bertz CT molecular complexity index is 474. The van der Waals surface area contributed by atoms with Crippen molar-refractivity contribution in [2.45, 2.75) is 12.8 Å². The fourth-order valence-electron chi connectivity index (χ4n) is 1.30. The largest absolute Gasteiger partial charge is 0.495 e. The van der Waals surface area contributed by atoms with E-state index in [1.54, 1.807) is 12.1 Å². The number of aromatic nitrogens is 1. The van der Waals surface area contributed by atoms with Gasteiger partial charge < -0.3 is 4.74 Å². The molecule has 0 aliphatic heterocycles. The van der Waals surface area contributed by atoms with Gasteiger partial charge in [0.25, 0.3) is 6.43 Å². The van der Waals surface area contributed by atoms with Crippen LogP contribution in [0.1, 0.15) is 23.2 Å². The van der Waals surface area contributed by atoms with E-state index in [0.717, 1.165) is 6.20 Å². The molecule has 0 amide bonds. The standard InChI is InChI=1S/C10H7F2N3O/c1-16-9-6(4-14)5-15-8(10(11)12)7(9)2-3-13/h5,10H,2H2,1H3. The summed E-state index contributed by atoms with van der Waals surface area (Å²) < 4.78 is 30.0. The van der Waals surface area contributed by atoms with Crippen LogP contribution in [0, 0.1) is 22.7 Å². The highest BCUT2D eigenvalue weighted by Crippen LogP contribution is 2.30. The van der Waals surface area contributed by atoms with E-state index >= 15 is 0 Å². The van der Waals surface area contributed by atoms with Crippen LogP contribution in [-0.2, 0) is 6.42 Å². The van der Waals surface area contributed by atoms with Crippen molar-refractivity contribution in [1.29, 1.82) is 10.5 Å². The lowest BCUT2D eigenvalue weighted by atomic mass is 10.1. The van der Waals surface area contributed by atoms with Crippen molar-refractivity contribution >= 4 is 0 Å². The Balaban J connectivity index is 3.46. The highest BCUT2D eigenvalue weighted by molar-refractivity contribution is 5.50. The second-order valence-corrected chi connectivity index (χ2v) is 2.82. The second-order valence-electron chi connectivity index (χ2n) is 2.82. The quantitative estimate of drug-likeness (QED) is 0.785. The molecular weight excluding hydrogens is 216 g/mol. The van der Waals surface area contributed by atoms with Crippen LogP contribution in [-0.4, -0.2) is 12.1 Å². The lowest BCUT2D eigenvalue weighted by Crippen LogP contribution is -2.03. The molecule has 0 saturated heterocycles. The summed E-state index contributed by atoms with van der Waals surface area (Å²) in [6, 6.07) is 3.51. The van der Waals surface area contributed by atoms with Gasteiger partial charge in [0.15, 0.2) is 0 Å². The molecule has 4 nitrogen and oxygen atoms in total. The van der Waals surface area contributed by atoms with Crippen molar-refractivity contribution in [1.82, 2.24) is 4.98 Å². The molecule has 0 unspecified atom stereocenters. The number of ether oxygens (including phenoxy) is 1. The molecule has 0 spiro atoms. The van der Waals surface area contributed by atoms with E-state index in [1.165, 1.54) is 7.11 Å². The number of hydrogen-bond acceptors (Lipinski definition) is 4. The first-order valence-electron chi connectivity index (χ1n) is 4.26. The fraction of sp³-hybridized carbons (Fsp3) is 0.300. The molecule has 0 saturated carbocycles. The maximum Gasteiger partial charge on any atom is 0.280 e. The van der Waals surface area contributed by atoms with E-state index in [1.807, 2.05) is 0 Å². The van der Waals surface area contributed by atoms with Crippen molar-refractivity contribution in [2.75, 3.05) is 7.11 Å². The summed E-state index contributed by atoms with van der Waals surface area (Å²) in [7, 11) is 1.26. The molecule has 6 heteroatoms. The Morgan fingerprint density at radius 2 is 2.19 bits per heavy atom. The molecule has 0 fully saturated rings. The number of nitrogens with zero attached hydrogens (tertiary/aromatic N) is 3. The van der Waals surface area contributed by atoms with Gasteiger partial charge >= 0.3 is 0 Å². The predicted molar refractivity (Wildman–Crippen MR) is 49.8 cm³/mol. The lowest BCUT2D eigenvalue weighted by Gasteiger charge is -2.11. The molecule has 0 N–H and O–H groups in total. The number of pyridine rings is 1. The molecule has 82 valence electrons. The molecule has 1 aromatic rings. The third kappa shape index (κ3) is 2.06. The van der Waals surface area contributed by atoms with Gasteiger partial charge in [0.2, 0.25) is 0 Å². The number of hydrogen-bond donors (Lipinski definition) is 0. The molecule has 0 aliphatic rings. The zero-order chi connectivity index (χ0) is 12.1. The summed E-state index contributed by atoms with van der Waals surface area (Å²) in [6.07, 6.45) is -2.06. The van der Waals surface area contributed by atoms with Crippen LogP contribution < -0.4 is 4.74 Å². The minimum atomic E-state index is -2.80. The number of methoxy groups -OCH3 is 1. The van der Waals surface area contributed by atoms with E-state index in [2.05, 4.69) is 4.98 Å². The molecule has 1 rings (SSSR count). The van der Waals surface area contributed by atoms with Gasteiger partial charge in [-0.3, -0.25) is 4.98 Å². The smallest absolute Gasteiger partial charge is 0.280 e. The lowest BCUT2D eigenvalue weighted by molar-refractivity contribution is 0.144. The Morgan fingerprint density at radius 1 is 1.50 bits per heavy atom. The number of alkyl halides is 2. The maximum atomic E-state index is 12.6. The molecule has 0 atom stereocenters. The van der Waals surface area contributed by atoms with Gasteiger partial charge in [0, 0.05) is 11.8 Å². The van der Waals surface area contributed by atoms with Gasteiger partial charge in [-0.05, 0) is 0 Å². The topological polar surface area (TPSA) is 69.7 Å². The fourth-order valence-corrected chi connectivity index (χ4v) is 1.30. The monoisotopic (exact) mass is 223 g/mol. The second kappa shape index (κ2) is 5.04. The molecule has 16 heavy (non-hydrogen) atoms. The Labute approximate surface area is 90.7 Å². The minimum Gasteiger partial charge on any atom is -0.495 e. The highest BCUT2D eigenvalue weighted by atomic mass is 19.3. The predicted octanol–water partition coefficient (Wildman–Crippen LogP) is 1.97. The molecule has 0 aromatic carbocycles. The first-order chi connectivity index (χ1) is 7.65. The zero-order valence-electron chi connectivity index (χ0n) is 8.37. The van der Waals surface area contributed by atoms with Crippen LogP contribution in [0.25, 0.3) is 0 Å². The summed E-state index contributed by atoms with van der Waals surface area (Å²) in [6.45, 7) is 0. The first-order valence-corrected chi connectivity index (χ1v) is 4.26. The van der Waals surface area contributed by atoms with Gasteiger partial charge in [-0.25, -0.2) is 8.78 Å². The van der Waals surface area contributed by atoms with Crippen molar-refractivity contribution in [2.24, 2.45) is 0 Å². The minimum absolute atomic E-state index is 0.00523. The van der Waals surface area contributed by atoms with Crippen LogP contribution in [0.3, 0.4) is 0 Å². The van der Waals surface area contributed by atoms with Crippen molar-refractivity contribution in [3.8, 4) is 17.9 Å². The maximum absolute atomic E-state index is 12.6. The number of halogens is 2. The van der Waals surface area contributed by atoms with E-state index in [-0.39, 0.29) is 23.3 Å². The van der Waals surface area contributed by atoms with Gasteiger partial charge in [0.05, 0.1) is 19.6 Å². The number of rotatable bonds is 3. The third-order valence-corrected chi connectivity index (χ3v) is 1.95. The summed E-state index contributed by atoms with van der Waals surface area (Å²) in [5.41, 5.74) is -0.506. The summed E-state index contributed by atoms with van der Waals surface area (Å²) in [5.74, 6) is -0.00523. The first kappa shape index (κ1) is 11.9. The van der Waals surface area contributed by atoms with Crippen LogP contribution in [0.2, 0.25) is 0 Å². The van der Waals surface area contributed by atoms with Crippen LogP contribution in [0.15, 0.2) is 6.20 Å². The SMILES string of the molecule is COc1c(C#N)cnc(C(F)F)c1CC#N. The Morgan fingerprint density at radius 3 is 2.62 bits per heavy atom. The molecule has 1 heterocycles. The Hall–Kier alpha value is -2.21. The van der Waals surface area contributed by atoms with E-state index in [9.17, 15) is 8.78 Å². The van der Waals surface area contributed by atoms with Gasteiger partial charge in [-0.15, -0.1) is 0 Å². The van der Waals surface area contributed by atoms with Crippen LogP contribution in [0.5, 0.6) is 5.75 Å². The normalized spacial score (nSPS) is 9.62. The molecule has 1 aromatic heterocycles. The van der Waals surface area contributed by atoms with Crippen LogP contribution in [0.4, 0.5) is 8.78 Å². The molecule has 0 aliphatic carbocycles. The summed E-state index contributed by atoms with van der Waals surface area (Å²) in [4.78, 5) is 3.47. The zero-order valence-corrected chi connectivity index (χ0v) is 8.37. The summed E-state index contributed by atoms with van der Waals surface area (Å²) in [5, 5.41) is 17.3. The third-order valence-electron chi connectivity index (χ3n) is 1.95. The van der Waals surface area contributed by atoms with E-state index in [0.29, 0.717) is 0 Å². The average Bonchev–Trinajstić information content (AvgIpc) is 2.28. The van der Waals surface area contributed by atoms with Crippen molar-refractivity contribution < 1.29 is 13.5 Å². The average molecular weight is 223 g/mol. The van der Waals surface area contributed by atoms with Crippen molar-refractivity contribution in [3.63, 3.8) is 0 Å². The van der Waals surface area contributed by atoms with Crippen LogP contribution >= 0.6 is 0 Å². The molecular formula is C10H7F2N3O. The highest BCUT2D eigenvalue weighted by Gasteiger charge is 2.21. The van der Waals surface area contributed by atoms with Gasteiger partial charge in [0.1, 0.15) is 23.1 Å². The van der Waals surface area contributed by atoms with Crippen molar-refractivity contribution in [3.05, 3.63) is 23.0 Å². The van der Waals surface area contributed by atoms with Gasteiger partial charge in [-0.2, -0.15) is 10.5 Å². The van der Waals surface area contributed by atoms with Gasteiger partial charge in [-0.1, -0.05) is 0 Å². The molecule has 0 bridgehead atoms.